The molecule has 0 aliphatic carbocycles. The minimum atomic E-state index is -0.778. The summed E-state index contributed by atoms with van der Waals surface area (Å²) in [5.74, 6) is -1.57. The van der Waals surface area contributed by atoms with Crippen LogP contribution in [-0.2, 0) is 14.3 Å². The lowest BCUT2D eigenvalue weighted by Crippen LogP contribution is -2.57. The van der Waals surface area contributed by atoms with Crippen LogP contribution < -0.4 is 11.1 Å². The Morgan fingerprint density at radius 1 is 1.63 bits per heavy atom. The van der Waals surface area contributed by atoms with Gasteiger partial charge in [0.25, 0.3) is 0 Å². The van der Waals surface area contributed by atoms with Crippen molar-refractivity contribution in [3.05, 3.63) is 0 Å². The standard InChI is InChI=1S/C11H20N4O4/c1-3-13-10(16)8-6-19-5-4-15(8)11(17)7(2)9(12)14-18/h7-8,18H,3-6H2,1-2H3,(H2,12,14)(H,13,16). The number of carbonyl (C=O) groups excluding carboxylic acids is 2. The van der Waals surface area contributed by atoms with Gasteiger partial charge >= 0.3 is 0 Å². The van der Waals surface area contributed by atoms with Crippen LogP contribution in [0.3, 0.4) is 0 Å². The van der Waals surface area contributed by atoms with E-state index in [-0.39, 0.29) is 24.3 Å². The van der Waals surface area contributed by atoms with Crippen molar-refractivity contribution in [1.29, 1.82) is 0 Å². The minimum absolute atomic E-state index is 0.153. The maximum absolute atomic E-state index is 12.2. The molecule has 108 valence electrons. The molecule has 8 nitrogen and oxygen atoms in total. The van der Waals surface area contributed by atoms with E-state index < -0.39 is 12.0 Å². The van der Waals surface area contributed by atoms with E-state index in [9.17, 15) is 9.59 Å². The molecule has 8 heteroatoms. The van der Waals surface area contributed by atoms with E-state index in [1.807, 2.05) is 0 Å². The number of amides is 2. The number of likely N-dealkylation sites (N-methyl/N-ethyl adjacent to an activating group) is 1. The molecule has 0 aromatic heterocycles. The molecule has 19 heavy (non-hydrogen) atoms. The van der Waals surface area contributed by atoms with Gasteiger partial charge in [0.05, 0.1) is 19.1 Å². The number of hydrogen-bond acceptors (Lipinski definition) is 5. The lowest BCUT2D eigenvalue weighted by Gasteiger charge is -2.35. The van der Waals surface area contributed by atoms with Gasteiger partial charge in [0.15, 0.2) is 5.84 Å². The topological polar surface area (TPSA) is 117 Å². The Kier molecular flexibility index (Phi) is 5.56. The fourth-order valence-electron chi connectivity index (χ4n) is 1.84. The number of oxime groups is 1. The van der Waals surface area contributed by atoms with Gasteiger partial charge in [0, 0.05) is 13.1 Å². The SMILES string of the molecule is CCNC(=O)C1COCCN1C(=O)C(C)C(N)=NO. The van der Waals surface area contributed by atoms with Crippen LogP contribution in [0.15, 0.2) is 5.16 Å². The normalized spacial score (nSPS) is 21.9. The summed E-state index contributed by atoms with van der Waals surface area (Å²) in [6, 6.07) is -0.671. The molecule has 0 saturated carbocycles. The monoisotopic (exact) mass is 272 g/mol. The summed E-state index contributed by atoms with van der Waals surface area (Å²) < 4.78 is 5.23. The Bertz CT molecular complexity index is 372. The number of amidine groups is 1. The van der Waals surface area contributed by atoms with E-state index >= 15 is 0 Å². The zero-order valence-corrected chi connectivity index (χ0v) is 11.1. The quantitative estimate of drug-likeness (QED) is 0.255. The fraction of sp³-hybridized carbons (Fsp3) is 0.727. The first-order chi connectivity index (χ1) is 9.02. The van der Waals surface area contributed by atoms with Crippen LogP contribution in [0.25, 0.3) is 0 Å². The molecule has 0 aromatic rings. The smallest absolute Gasteiger partial charge is 0.245 e. The highest BCUT2D eigenvalue weighted by Crippen LogP contribution is 2.12. The first kappa shape index (κ1) is 15.2. The summed E-state index contributed by atoms with van der Waals surface area (Å²) in [4.78, 5) is 25.5. The van der Waals surface area contributed by atoms with Crippen molar-refractivity contribution in [3.8, 4) is 0 Å². The molecule has 2 atom stereocenters. The summed E-state index contributed by atoms with van der Waals surface area (Å²) in [5, 5.41) is 14.1. The first-order valence-corrected chi connectivity index (χ1v) is 6.16. The number of hydrogen-bond donors (Lipinski definition) is 3. The Hall–Kier alpha value is -1.83. The predicted molar refractivity (Wildman–Crippen MR) is 67.6 cm³/mol. The van der Waals surface area contributed by atoms with Crippen LogP contribution in [0.5, 0.6) is 0 Å². The van der Waals surface area contributed by atoms with Crippen molar-refractivity contribution in [2.45, 2.75) is 19.9 Å². The summed E-state index contributed by atoms with van der Waals surface area (Å²) >= 11 is 0. The second kappa shape index (κ2) is 6.93. The summed E-state index contributed by atoms with van der Waals surface area (Å²) in [6.45, 7) is 4.64. The van der Waals surface area contributed by atoms with Gasteiger partial charge in [0.2, 0.25) is 11.8 Å². The lowest BCUT2D eigenvalue weighted by molar-refractivity contribution is -0.149. The van der Waals surface area contributed by atoms with Gasteiger partial charge in [-0.3, -0.25) is 9.59 Å². The van der Waals surface area contributed by atoms with E-state index in [4.69, 9.17) is 15.7 Å². The highest BCUT2D eigenvalue weighted by Gasteiger charge is 2.35. The van der Waals surface area contributed by atoms with Crippen molar-refractivity contribution >= 4 is 17.6 Å². The molecule has 1 fully saturated rings. The predicted octanol–water partition coefficient (Wildman–Crippen LogP) is -1.27. The van der Waals surface area contributed by atoms with Crippen LogP contribution in [-0.4, -0.2) is 60.1 Å². The Morgan fingerprint density at radius 2 is 2.32 bits per heavy atom. The van der Waals surface area contributed by atoms with E-state index in [1.165, 1.54) is 11.8 Å². The van der Waals surface area contributed by atoms with Gasteiger partial charge < -0.3 is 25.9 Å². The van der Waals surface area contributed by atoms with Gasteiger partial charge in [-0.05, 0) is 13.8 Å². The van der Waals surface area contributed by atoms with Crippen LogP contribution in [0.2, 0.25) is 0 Å². The van der Waals surface area contributed by atoms with Crippen LogP contribution >= 0.6 is 0 Å². The maximum atomic E-state index is 12.2. The highest BCUT2D eigenvalue weighted by molar-refractivity contribution is 6.03. The van der Waals surface area contributed by atoms with Crippen LogP contribution in [0, 0.1) is 5.92 Å². The number of carbonyl (C=O) groups is 2. The molecule has 1 heterocycles. The van der Waals surface area contributed by atoms with Crippen LogP contribution in [0.1, 0.15) is 13.8 Å². The van der Waals surface area contributed by atoms with Gasteiger partial charge in [-0.25, -0.2) is 0 Å². The van der Waals surface area contributed by atoms with Gasteiger partial charge in [-0.2, -0.15) is 0 Å². The molecule has 1 saturated heterocycles. The van der Waals surface area contributed by atoms with Crippen molar-refractivity contribution in [2.24, 2.45) is 16.8 Å². The molecule has 1 aliphatic rings. The third-order valence-electron chi connectivity index (χ3n) is 2.99. The minimum Gasteiger partial charge on any atom is -0.409 e. The molecule has 1 aliphatic heterocycles. The Balaban J connectivity index is 2.82. The molecule has 2 unspecified atom stereocenters. The molecule has 0 radical (unpaired) electrons. The second-order valence-electron chi connectivity index (χ2n) is 4.26. The van der Waals surface area contributed by atoms with E-state index in [0.717, 1.165) is 0 Å². The average Bonchev–Trinajstić information content (AvgIpc) is 2.45. The average molecular weight is 272 g/mol. The number of nitrogens with one attached hydrogen (secondary N) is 1. The number of ether oxygens (including phenoxy) is 1. The molecule has 2 amide bonds. The molecular weight excluding hydrogens is 252 g/mol. The van der Waals surface area contributed by atoms with Crippen molar-refractivity contribution < 1.29 is 19.5 Å². The molecule has 0 bridgehead atoms. The van der Waals surface area contributed by atoms with Crippen molar-refractivity contribution in [2.75, 3.05) is 26.3 Å². The highest BCUT2D eigenvalue weighted by atomic mass is 16.5. The number of nitrogens with zero attached hydrogens (tertiary/aromatic N) is 2. The zero-order valence-electron chi connectivity index (χ0n) is 11.1. The summed E-state index contributed by atoms with van der Waals surface area (Å²) in [7, 11) is 0. The Labute approximate surface area is 111 Å². The van der Waals surface area contributed by atoms with Crippen molar-refractivity contribution in [3.63, 3.8) is 0 Å². The fourth-order valence-corrected chi connectivity index (χ4v) is 1.84. The van der Waals surface area contributed by atoms with Crippen LogP contribution in [0.4, 0.5) is 0 Å². The lowest BCUT2D eigenvalue weighted by atomic mass is 10.1. The first-order valence-electron chi connectivity index (χ1n) is 6.16. The van der Waals surface area contributed by atoms with E-state index in [0.29, 0.717) is 19.7 Å². The summed E-state index contributed by atoms with van der Waals surface area (Å²) in [5.41, 5.74) is 5.42. The van der Waals surface area contributed by atoms with E-state index in [1.54, 1.807) is 6.92 Å². The second-order valence-corrected chi connectivity index (χ2v) is 4.26. The number of nitrogens with two attached hydrogens (primary N) is 1. The molecule has 0 aromatic carbocycles. The third-order valence-corrected chi connectivity index (χ3v) is 2.99. The van der Waals surface area contributed by atoms with Crippen molar-refractivity contribution in [1.82, 2.24) is 10.2 Å². The zero-order chi connectivity index (χ0) is 14.4. The van der Waals surface area contributed by atoms with Gasteiger partial charge in [-0.1, -0.05) is 5.16 Å². The van der Waals surface area contributed by atoms with E-state index in [2.05, 4.69) is 10.5 Å². The summed E-state index contributed by atoms with van der Waals surface area (Å²) in [6.07, 6.45) is 0. The van der Waals surface area contributed by atoms with Gasteiger partial charge in [0.1, 0.15) is 6.04 Å². The molecule has 1 rings (SSSR count). The largest absolute Gasteiger partial charge is 0.409 e. The molecular formula is C11H20N4O4. The van der Waals surface area contributed by atoms with Gasteiger partial charge in [-0.15, -0.1) is 0 Å². The third kappa shape index (κ3) is 3.57. The molecule has 0 spiro atoms. The number of morpholine rings is 1. The maximum Gasteiger partial charge on any atom is 0.245 e. The Morgan fingerprint density at radius 3 is 2.89 bits per heavy atom. The molecule has 4 N–H and O–H groups in total. The number of rotatable bonds is 4.